The van der Waals surface area contributed by atoms with Gasteiger partial charge in [0, 0.05) is 18.2 Å². The number of nitrogens with zero attached hydrogens (tertiary/aromatic N) is 1. The van der Waals surface area contributed by atoms with Crippen LogP contribution in [0.5, 0.6) is 5.88 Å². The lowest BCUT2D eigenvalue weighted by Crippen LogP contribution is -2.39. The molecule has 1 N–H and O–H groups in total. The van der Waals surface area contributed by atoms with Gasteiger partial charge in [0.2, 0.25) is 5.88 Å². The molecule has 0 atom stereocenters. The van der Waals surface area contributed by atoms with Crippen LogP contribution in [0.1, 0.15) is 45.2 Å². The second kappa shape index (κ2) is 5.43. The summed E-state index contributed by atoms with van der Waals surface area (Å²) in [7, 11) is 1.57. The van der Waals surface area contributed by atoms with Gasteiger partial charge in [0.25, 0.3) is 0 Å². The summed E-state index contributed by atoms with van der Waals surface area (Å²) in [5, 5.41) is 9.69. The molecule has 0 saturated heterocycles. The first kappa shape index (κ1) is 14.8. The average Bonchev–Trinajstić information content (AvgIpc) is 2.41. The number of methoxy groups -OCH3 is 1. The molecule has 110 valence electrons. The summed E-state index contributed by atoms with van der Waals surface area (Å²) < 4.78 is 5.11. The summed E-state index contributed by atoms with van der Waals surface area (Å²) in [5.74, 6) is -0.156. The molecule has 1 fully saturated rings. The second-order valence-corrected chi connectivity index (χ2v) is 6.60. The van der Waals surface area contributed by atoms with Crippen LogP contribution in [0, 0.1) is 10.8 Å². The van der Waals surface area contributed by atoms with E-state index in [2.05, 4.69) is 18.8 Å². The molecule has 0 aliphatic heterocycles. The van der Waals surface area contributed by atoms with Crippen molar-refractivity contribution in [2.24, 2.45) is 10.8 Å². The molecule has 1 aromatic rings. The molecule has 4 heteroatoms. The van der Waals surface area contributed by atoms with Crippen LogP contribution in [0.4, 0.5) is 0 Å². The maximum atomic E-state index is 11.8. The van der Waals surface area contributed by atoms with Gasteiger partial charge in [-0.15, -0.1) is 0 Å². The molecule has 0 aromatic carbocycles. The summed E-state index contributed by atoms with van der Waals surface area (Å²) in [4.78, 5) is 16.2. The van der Waals surface area contributed by atoms with Crippen molar-refractivity contribution >= 4 is 5.97 Å². The van der Waals surface area contributed by atoms with Crippen molar-refractivity contribution in [2.75, 3.05) is 7.11 Å². The van der Waals surface area contributed by atoms with E-state index in [1.54, 1.807) is 13.2 Å². The van der Waals surface area contributed by atoms with Gasteiger partial charge < -0.3 is 9.84 Å². The fourth-order valence-electron chi connectivity index (χ4n) is 2.89. The van der Waals surface area contributed by atoms with E-state index in [0.717, 1.165) is 18.5 Å². The Morgan fingerprint density at radius 2 is 1.95 bits per heavy atom. The summed E-state index contributed by atoms with van der Waals surface area (Å²) in [6.45, 7) is 4.42. The zero-order chi connectivity index (χ0) is 14.8. The van der Waals surface area contributed by atoms with E-state index >= 15 is 0 Å². The number of hydrogen-bond acceptors (Lipinski definition) is 3. The summed E-state index contributed by atoms with van der Waals surface area (Å²) in [6, 6.07) is 5.53. The zero-order valence-electron chi connectivity index (χ0n) is 12.5. The highest BCUT2D eigenvalue weighted by Crippen LogP contribution is 2.46. The number of rotatable bonds is 4. The number of aliphatic carboxylic acids is 1. The summed E-state index contributed by atoms with van der Waals surface area (Å²) in [6.07, 6.45) is 3.81. The fraction of sp³-hybridized carbons (Fsp3) is 0.625. The third-order valence-corrected chi connectivity index (χ3v) is 4.52. The van der Waals surface area contributed by atoms with Crippen LogP contribution in [0.2, 0.25) is 0 Å². The Hall–Kier alpha value is -1.58. The van der Waals surface area contributed by atoms with Gasteiger partial charge in [0.1, 0.15) is 0 Å². The van der Waals surface area contributed by atoms with Crippen LogP contribution in [0.3, 0.4) is 0 Å². The highest BCUT2D eigenvalue weighted by molar-refractivity contribution is 5.75. The molecule has 0 radical (unpaired) electrons. The normalized spacial score (nSPS) is 20.4. The van der Waals surface area contributed by atoms with Gasteiger partial charge in [0.15, 0.2) is 0 Å². The van der Waals surface area contributed by atoms with Crippen molar-refractivity contribution in [1.29, 1.82) is 0 Å². The van der Waals surface area contributed by atoms with E-state index in [-0.39, 0.29) is 5.41 Å². The minimum atomic E-state index is -0.697. The summed E-state index contributed by atoms with van der Waals surface area (Å²) in [5.41, 5.74) is 0.377. The topological polar surface area (TPSA) is 59.4 Å². The van der Waals surface area contributed by atoms with E-state index in [9.17, 15) is 9.90 Å². The van der Waals surface area contributed by atoms with Crippen LogP contribution in [-0.2, 0) is 11.2 Å². The van der Waals surface area contributed by atoms with Crippen molar-refractivity contribution in [3.05, 3.63) is 23.9 Å². The van der Waals surface area contributed by atoms with Crippen molar-refractivity contribution in [3.63, 3.8) is 0 Å². The standard InChI is InChI=1S/C16H23NO3/c1-15(2)7-9-16(10-8-15,14(18)19)11-12-5-4-6-13(17-12)20-3/h4-6H,7-11H2,1-3H3,(H,18,19). The molecule has 4 nitrogen and oxygen atoms in total. The quantitative estimate of drug-likeness (QED) is 0.917. The molecular weight excluding hydrogens is 254 g/mol. The lowest BCUT2D eigenvalue weighted by atomic mass is 9.63. The Labute approximate surface area is 120 Å². The predicted molar refractivity (Wildman–Crippen MR) is 76.8 cm³/mol. The molecule has 1 aliphatic rings. The Balaban J connectivity index is 2.20. The van der Waals surface area contributed by atoms with Gasteiger partial charge in [-0.05, 0) is 37.2 Å². The molecule has 0 spiro atoms. The van der Waals surface area contributed by atoms with Crippen molar-refractivity contribution in [2.45, 2.75) is 46.0 Å². The number of carbonyl (C=O) groups is 1. The highest BCUT2D eigenvalue weighted by atomic mass is 16.5. The Kier molecular flexibility index (Phi) is 4.02. The average molecular weight is 277 g/mol. The first-order valence-corrected chi connectivity index (χ1v) is 7.10. The Morgan fingerprint density at radius 1 is 1.30 bits per heavy atom. The van der Waals surface area contributed by atoms with Gasteiger partial charge in [-0.2, -0.15) is 0 Å². The number of carboxylic acid groups (broad SMARTS) is 1. The minimum absolute atomic E-state index is 0.251. The van der Waals surface area contributed by atoms with Crippen molar-refractivity contribution < 1.29 is 14.6 Å². The maximum absolute atomic E-state index is 11.8. The van der Waals surface area contributed by atoms with Gasteiger partial charge in [-0.25, -0.2) is 4.98 Å². The van der Waals surface area contributed by atoms with Crippen LogP contribution in [-0.4, -0.2) is 23.2 Å². The largest absolute Gasteiger partial charge is 0.481 e. The molecule has 1 aliphatic carbocycles. The molecule has 20 heavy (non-hydrogen) atoms. The lowest BCUT2D eigenvalue weighted by Gasteiger charge is -2.40. The van der Waals surface area contributed by atoms with Gasteiger partial charge >= 0.3 is 5.97 Å². The number of pyridine rings is 1. The highest BCUT2D eigenvalue weighted by Gasteiger charge is 2.44. The molecule has 1 saturated carbocycles. The molecule has 1 aromatic heterocycles. The number of hydrogen-bond donors (Lipinski definition) is 1. The smallest absolute Gasteiger partial charge is 0.310 e. The third kappa shape index (κ3) is 3.11. The fourth-order valence-corrected chi connectivity index (χ4v) is 2.89. The van der Waals surface area contributed by atoms with E-state index in [1.165, 1.54) is 0 Å². The number of carboxylic acids is 1. The van der Waals surface area contributed by atoms with Crippen molar-refractivity contribution in [3.8, 4) is 5.88 Å². The van der Waals surface area contributed by atoms with Gasteiger partial charge in [0.05, 0.1) is 12.5 Å². The minimum Gasteiger partial charge on any atom is -0.481 e. The first-order valence-electron chi connectivity index (χ1n) is 7.10. The molecule has 0 amide bonds. The van der Waals surface area contributed by atoms with Crippen LogP contribution < -0.4 is 4.74 Å². The predicted octanol–water partition coefficient (Wildman–Crippen LogP) is 3.30. The molecule has 2 rings (SSSR count). The Morgan fingerprint density at radius 3 is 2.50 bits per heavy atom. The van der Waals surface area contributed by atoms with Gasteiger partial charge in [-0.1, -0.05) is 19.9 Å². The van der Waals surface area contributed by atoms with Crippen molar-refractivity contribution in [1.82, 2.24) is 4.98 Å². The molecule has 0 unspecified atom stereocenters. The molecule has 1 heterocycles. The van der Waals surface area contributed by atoms with E-state index < -0.39 is 11.4 Å². The third-order valence-electron chi connectivity index (χ3n) is 4.52. The second-order valence-electron chi connectivity index (χ2n) is 6.60. The van der Waals surface area contributed by atoms with Crippen LogP contribution >= 0.6 is 0 Å². The number of ether oxygens (including phenoxy) is 1. The number of aromatic nitrogens is 1. The van der Waals surface area contributed by atoms with E-state index in [4.69, 9.17) is 4.74 Å². The molecular formula is C16H23NO3. The first-order chi connectivity index (χ1) is 9.37. The lowest BCUT2D eigenvalue weighted by molar-refractivity contribution is -0.152. The van der Waals surface area contributed by atoms with Gasteiger partial charge in [-0.3, -0.25) is 4.79 Å². The maximum Gasteiger partial charge on any atom is 0.310 e. The molecule has 0 bridgehead atoms. The summed E-state index contributed by atoms with van der Waals surface area (Å²) >= 11 is 0. The van der Waals surface area contributed by atoms with E-state index in [0.29, 0.717) is 25.1 Å². The van der Waals surface area contributed by atoms with E-state index in [1.807, 2.05) is 12.1 Å². The Bertz CT molecular complexity index is 486. The SMILES string of the molecule is COc1cccc(CC2(C(=O)O)CCC(C)(C)CC2)n1. The monoisotopic (exact) mass is 277 g/mol. The van der Waals surface area contributed by atoms with Crippen LogP contribution in [0.15, 0.2) is 18.2 Å². The van der Waals surface area contributed by atoms with Crippen LogP contribution in [0.25, 0.3) is 0 Å². The zero-order valence-corrected chi connectivity index (χ0v) is 12.5.